The lowest BCUT2D eigenvalue weighted by Gasteiger charge is -2.28. The number of halogens is 3. The minimum absolute atomic E-state index is 0.0129. The molecule has 1 amide bonds. The van der Waals surface area contributed by atoms with Crippen LogP contribution in [0, 0.1) is 30.1 Å². The van der Waals surface area contributed by atoms with Gasteiger partial charge < -0.3 is 9.80 Å². The van der Waals surface area contributed by atoms with Gasteiger partial charge in [-0.2, -0.15) is 23.5 Å². The van der Waals surface area contributed by atoms with Crippen molar-refractivity contribution in [1.82, 2.24) is 24.2 Å². The van der Waals surface area contributed by atoms with E-state index in [1.54, 1.807) is 37.3 Å². The van der Waals surface area contributed by atoms with Crippen LogP contribution in [0.15, 0.2) is 65.6 Å². The van der Waals surface area contributed by atoms with Gasteiger partial charge in [-0.15, -0.1) is 0 Å². The number of quaternary nitrogens is 1. The number of carbonyl (C=O) groups is 2. The van der Waals surface area contributed by atoms with Crippen molar-refractivity contribution in [1.29, 1.82) is 5.26 Å². The van der Waals surface area contributed by atoms with E-state index in [0.717, 1.165) is 64.4 Å². The SMILES string of the molecule is Cc1c(-c2ccnn2-c2ccc(C#N)cc2)n(C(=O)CCCC2CCC(C(=O)NCC[N+](C)(C)C)CC2)c(=O)n1-c1cccc(C(F)(F)F)c1. The molecule has 1 fully saturated rings. The number of aromatic nitrogens is 4. The minimum Gasteiger partial charge on any atom is -0.350 e. The lowest BCUT2D eigenvalue weighted by molar-refractivity contribution is -0.869. The van der Waals surface area contributed by atoms with E-state index >= 15 is 0 Å². The van der Waals surface area contributed by atoms with Gasteiger partial charge in [0.2, 0.25) is 11.8 Å². The lowest BCUT2D eigenvalue weighted by Crippen LogP contribution is -2.43. The molecule has 2 aromatic heterocycles. The standard InChI is InChI=1S/C37H42F3N7O3/c1-25-34(32-19-20-43-46(32)30-17-13-27(24-41)14-18-30)45(36(50)44(25)31-9-6-8-29(23-31)37(38,39)40)33(48)10-5-7-26-11-15-28(16-12-26)35(49)42-21-22-47(2,3)4/h6,8-9,13-14,17-20,23,26,28H,5,7,10-12,15-16,21-22H2,1-4H3/p+1. The van der Waals surface area contributed by atoms with Gasteiger partial charge in [0.15, 0.2) is 0 Å². The molecular formula is C37H43F3N7O3+. The van der Waals surface area contributed by atoms with Crippen LogP contribution >= 0.6 is 0 Å². The smallest absolute Gasteiger partial charge is 0.350 e. The number of nitriles is 1. The van der Waals surface area contributed by atoms with E-state index < -0.39 is 23.3 Å². The number of imidazole rings is 1. The second-order valence-electron chi connectivity index (χ2n) is 14.0. The summed E-state index contributed by atoms with van der Waals surface area (Å²) < 4.78 is 45.5. The normalized spacial score (nSPS) is 16.6. The van der Waals surface area contributed by atoms with Gasteiger partial charge in [-0.3, -0.25) is 14.2 Å². The minimum atomic E-state index is -4.63. The summed E-state index contributed by atoms with van der Waals surface area (Å²) in [5.74, 6) is -0.0406. The van der Waals surface area contributed by atoms with Crippen molar-refractivity contribution < 1.29 is 27.2 Å². The Morgan fingerprint density at radius 3 is 2.36 bits per heavy atom. The predicted octanol–water partition coefficient (Wildman–Crippen LogP) is 6.13. The Morgan fingerprint density at radius 1 is 1.02 bits per heavy atom. The molecule has 2 heterocycles. The molecule has 0 spiro atoms. The van der Waals surface area contributed by atoms with E-state index in [2.05, 4.69) is 37.6 Å². The number of hydrogen-bond acceptors (Lipinski definition) is 5. The lowest BCUT2D eigenvalue weighted by atomic mass is 9.79. The van der Waals surface area contributed by atoms with E-state index in [0.29, 0.717) is 35.8 Å². The Balaban J connectivity index is 1.37. The van der Waals surface area contributed by atoms with E-state index in [4.69, 9.17) is 0 Å². The average Bonchev–Trinajstić information content (AvgIpc) is 3.65. The molecule has 264 valence electrons. The van der Waals surface area contributed by atoms with E-state index in [1.165, 1.54) is 23.0 Å². The highest BCUT2D eigenvalue weighted by atomic mass is 19.4. The zero-order valence-electron chi connectivity index (χ0n) is 28.8. The van der Waals surface area contributed by atoms with Crippen molar-refractivity contribution >= 4 is 11.8 Å². The Labute approximate surface area is 289 Å². The number of likely N-dealkylation sites (N-methyl/N-ethyl adjacent to an activating group) is 1. The maximum absolute atomic E-state index is 14.1. The first kappa shape index (κ1) is 36.3. The Hall–Kier alpha value is -4.96. The molecule has 0 saturated heterocycles. The number of rotatable bonds is 11. The largest absolute Gasteiger partial charge is 0.416 e. The van der Waals surface area contributed by atoms with Crippen LogP contribution in [0.2, 0.25) is 0 Å². The third-order valence-electron chi connectivity index (χ3n) is 9.39. The quantitative estimate of drug-likeness (QED) is 0.190. The zero-order chi connectivity index (χ0) is 36.2. The van der Waals surface area contributed by atoms with Crippen LogP contribution in [-0.2, 0) is 11.0 Å². The number of nitrogens with one attached hydrogen (secondary N) is 1. The van der Waals surface area contributed by atoms with Crippen LogP contribution in [0.5, 0.6) is 0 Å². The van der Waals surface area contributed by atoms with Gasteiger partial charge in [-0.25, -0.2) is 14.0 Å². The van der Waals surface area contributed by atoms with Crippen LogP contribution in [0.4, 0.5) is 13.2 Å². The molecule has 10 nitrogen and oxygen atoms in total. The molecule has 1 saturated carbocycles. The highest BCUT2D eigenvalue weighted by molar-refractivity contribution is 5.85. The molecule has 1 N–H and O–H groups in total. The maximum Gasteiger partial charge on any atom is 0.416 e. The first-order chi connectivity index (χ1) is 23.7. The van der Waals surface area contributed by atoms with Crippen molar-refractivity contribution in [2.24, 2.45) is 11.8 Å². The van der Waals surface area contributed by atoms with E-state index in [1.807, 2.05) is 0 Å². The first-order valence-corrected chi connectivity index (χ1v) is 16.9. The fourth-order valence-electron chi connectivity index (χ4n) is 6.65. The molecule has 1 aliphatic rings. The molecule has 4 aromatic rings. The number of alkyl halides is 3. The molecule has 1 aliphatic carbocycles. The number of hydrogen-bond donors (Lipinski definition) is 1. The maximum atomic E-state index is 14.1. The van der Waals surface area contributed by atoms with E-state index in [9.17, 15) is 32.8 Å². The van der Waals surface area contributed by atoms with Gasteiger partial charge in [-0.1, -0.05) is 6.07 Å². The molecular weight excluding hydrogens is 647 g/mol. The molecule has 2 aromatic carbocycles. The molecule has 0 bridgehead atoms. The van der Waals surface area contributed by atoms with Crippen LogP contribution < -0.4 is 11.0 Å². The predicted molar refractivity (Wildman–Crippen MR) is 183 cm³/mol. The summed E-state index contributed by atoms with van der Waals surface area (Å²) in [6, 6.07) is 14.8. The van der Waals surface area contributed by atoms with Gasteiger partial charge in [-0.05, 0) is 99.9 Å². The summed E-state index contributed by atoms with van der Waals surface area (Å²) in [6.07, 6.45) is 1.53. The molecule has 0 radical (unpaired) electrons. The van der Waals surface area contributed by atoms with Crippen LogP contribution in [-0.4, -0.2) is 69.4 Å². The highest BCUT2D eigenvalue weighted by Crippen LogP contribution is 2.34. The third-order valence-corrected chi connectivity index (χ3v) is 9.39. The highest BCUT2D eigenvalue weighted by Gasteiger charge is 2.32. The summed E-state index contributed by atoms with van der Waals surface area (Å²) in [7, 11) is 6.25. The molecule has 0 unspecified atom stereocenters. The zero-order valence-corrected chi connectivity index (χ0v) is 28.8. The Kier molecular flexibility index (Phi) is 10.8. The molecule has 0 atom stereocenters. The molecule has 13 heteroatoms. The van der Waals surface area contributed by atoms with E-state index in [-0.39, 0.29) is 35.3 Å². The fourth-order valence-corrected chi connectivity index (χ4v) is 6.65. The number of carbonyl (C=O) groups excluding carboxylic acids is 2. The van der Waals surface area contributed by atoms with Gasteiger partial charge in [0.05, 0.1) is 86.1 Å². The summed E-state index contributed by atoms with van der Waals surface area (Å²) >= 11 is 0. The van der Waals surface area contributed by atoms with Gasteiger partial charge in [0.1, 0.15) is 0 Å². The number of benzene rings is 2. The second-order valence-corrected chi connectivity index (χ2v) is 14.0. The van der Waals surface area contributed by atoms with Crippen LogP contribution in [0.1, 0.15) is 66.6 Å². The van der Waals surface area contributed by atoms with Crippen LogP contribution in [0.25, 0.3) is 22.8 Å². The fraction of sp³-hybridized carbons (Fsp3) is 0.432. The molecule has 50 heavy (non-hydrogen) atoms. The third kappa shape index (κ3) is 8.25. The van der Waals surface area contributed by atoms with Crippen molar-refractivity contribution in [3.63, 3.8) is 0 Å². The summed E-state index contributed by atoms with van der Waals surface area (Å²) in [5.41, 5.74) is 0.187. The first-order valence-electron chi connectivity index (χ1n) is 16.9. The topological polar surface area (TPSA) is 115 Å². The van der Waals surface area contributed by atoms with Crippen molar-refractivity contribution in [2.75, 3.05) is 34.2 Å². The van der Waals surface area contributed by atoms with Crippen LogP contribution in [0.3, 0.4) is 0 Å². The van der Waals surface area contributed by atoms with Gasteiger partial charge >= 0.3 is 11.9 Å². The van der Waals surface area contributed by atoms with Crippen molar-refractivity contribution in [3.8, 4) is 28.8 Å². The monoisotopic (exact) mass is 690 g/mol. The van der Waals surface area contributed by atoms with Crippen molar-refractivity contribution in [2.45, 2.75) is 58.0 Å². The summed E-state index contributed by atoms with van der Waals surface area (Å²) in [6.45, 7) is 3.07. The Morgan fingerprint density at radius 2 is 1.72 bits per heavy atom. The van der Waals surface area contributed by atoms with Gasteiger partial charge in [0, 0.05) is 12.3 Å². The van der Waals surface area contributed by atoms with Crippen molar-refractivity contribution in [3.05, 3.63) is 88.1 Å². The molecule has 0 aliphatic heterocycles. The second kappa shape index (κ2) is 14.9. The number of nitrogens with zero attached hydrogens (tertiary/aromatic N) is 6. The average molecular weight is 691 g/mol. The van der Waals surface area contributed by atoms with Gasteiger partial charge in [0.25, 0.3) is 0 Å². The molecule has 5 rings (SSSR count). The Bertz CT molecular complexity index is 1930. The number of amides is 1. The summed E-state index contributed by atoms with van der Waals surface area (Å²) in [5, 5.41) is 16.7. The summed E-state index contributed by atoms with van der Waals surface area (Å²) in [4.78, 5) is 40.7.